The van der Waals surface area contributed by atoms with Crippen molar-refractivity contribution in [3.8, 4) is 11.5 Å². The molecule has 0 bridgehead atoms. The standard InChI is InChI=1S/C18H12ClN3O6S/c1-28-14-8-9(7-13(15(14)23)22(26)27)6-12-16(24)20-18(29)21(17(12)25)11-4-2-10(19)3-5-11/h2-8,23H,1H3,(H,20,24,29)/b12-6+. The number of nitrogens with zero attached hydrogens (tertiary/aromatic N) is 2. The first kappa shape index (κ1) is 20.2. The average molecular weight is 434 g/mol. The normalized spacial score (nSPS) is 15.4. The van der Waals surface area contributed by atoms with E-state index in [1.54, 1.807) is 24.3 Å². The molecule has 9 nitrogen and oxygen atoms in total. The van der Waals surface area contributed by atoms with Gasteiger partial charge in [-0.3, -0.25) is 29.9 Å². The summed E-state index contributed by atoms with van der Waals surface area (Å²) in [6.07, 6.45) is 1.15. The lowest BCUT2D eigenvalue weighted by Crippen LogP contribution is -2.54. The highest BCUT2D eigenvalue weighted by Crippen LogP contribution is 2.37. The Bertz CT molecular complexity index is 1080. The summed E-state index contributed by atoms with van der Waals surface area (Å²) in [4.78, 5) is 36.7. The molecule has 0 atom stereocenters. The van der Waals surface area contributed by atoms with Crippen molar-refractivity contribution < 1.29 is 24.4 Å². The summed E-state index contributed by atoms with van der Waals surface area (Å²) in [6, 6.07) is 8.49. The largest absolute Gasteiger partial charge is 0.500 e. The Balaban J connectivity index is 2.08. The molecule has 0 aliphatic carbocycles. The number of thiocarbonyl (C=S) groups is 1. The van der Waals surface area contributed by atoms with E-state index in [-0.39, 0.29) is 22.0 Å². The van der Waals surface area contributed by atoms with Gasteiger partial charge in [-0.05, 0) is 54.2 Å². The Kier molecular flexibility index (Phi) is 5.48. The van der Waals surface area contributed by atoms with Crippen LogP contribution in [0.15, 0.2) is 42.0 Å². The highest BCUT2D eigenvalue weighted by Gasteiger charge is 2.34. The molecule has 2 aromatic rings. The number of hydrogen-bond donors (Lipinski definition) is 2. The molecular formula is C18H12ClN3O6S. The van der Waals surface area contributed by atoms with E-state index in [0.717, 1.165) is 17.0 Å². The van der Waals surface area contributed by atoms with E-state index in [0.29, 0.717) is 10.7 Å². The van der Waals surface area contributed by atoms with Crippen LogP contribution in [0.3, 0.4) is 0 Å². The molecular weight excluding hydrogens is 422 g/mol. The molecule has 0 spiro atoms. The second-order valence-electron chi connectivity index (χ2n) is 5.78. The van der Waals surface area contributed by atoms with Gasteiger partial charge in [0.15, 0.2) is 10.9 Å². The summed E-state index contributed by atoms with van der Waals surface area (Å²) in [5, 5.41) is 23.8. The zero-order valence-electron chi connectivity index (χ0n) is 14.7. The summed E-state index contributed by atoms with van der Waals surface area (Å²) < 4.78 is 4.93. The smallest absolute Gasteiger partial charge is 0.315 e. The molecule has 1 heterocycles. The number of halogens is 1. The van der Waals surface area contributed by atoms with Crippen LogP contribution in [-0.2, 0) is 9.59 Å². The van der Waals surface area contributed by atoms with E-state index in [2.05, 4.69) is 5.32 Å². The topological polar surface area (TPSA) is 122 Å². The Morgan fingerprint density at radius 3 is 2.52 bits per heavy atom. The van der Waals surface area contributed by atoms with Gasteiger partial charge in [-0.1, -0.05) is 11.6 Å². The average Bonchev–Trinajstić information content (AvgIpc) is 2.67. The third kappa shape index (κ3) is 3.89. The number of carbonyl (C=O) groups is 2. The number of phenols is 1. The predicted octanol–water partition coefficient (Wildman–Crippen LogP) is 2.79. The number of phenolic OH excluding ortho intramolecular Hbond substituents is 1. The SMILES string of the molecule is COc1cc(/C=C2\C(=O)NC(=S)N(c3ccc(Cl)cc3)C2=O)cc([N+](=O)[O-])c1O. The Hall–Kier alpha value is -3.50. The monoisotopic (exact) mass is 433 g/mol. The maximum Gasteiger partial charge on any atom is 0.315 e. The lowest BCUT2D eigenvalue weighted by molar-refractivity contribution is -0.386. The molecule has 11 heteroatoms. The fraction of sp³-hybridized carbons (Fsp3) is 0.0556. The van der Waals surface area contributed by atoms with Crippen LogP contribution in [0.2, 0.25) is 5.02 Å². The first-order valence-electron chi connectivity index (χ1n) is 7.95. The van der Waals surface area contributed by atoms with Crippen molar-refractivity contribution in [2.45, 2.75) is 0 Å². The van der Waals surface area contributed by atoms with Crippen molar-refractivity contribution >= 4 is 58.2 Å². The second-order valence-corrected chi connectivity index (χ2v) is 6.61. The predicted molar refractivity (Wildman–Crippen MR) is 109 cm³/mol. The quantitative estimate of drug-likeness (QED) is 0.250. The van der Waals surface area contributed by atoms with Crippen molar-refractivity contribution in [1.82, 2.24) is 5.32 Å². The third-order valence-corrected chi connectivity index (χ3v) is 4.53. The van der Waals surface area contributed by atoms with E-state index in [9.17, 15) is 24.8 Å². The van der Waals surface area contributed by atoms with Crippen LogP contribution >= 0.6 is 23.8 Å². The Morgan fingerprint density at radius 1 is 1.28 bits per heavy atom. The number of nitrogens with one attached hydrogen (secondary N) is 1. The molecule has 0 unspecified atom stereocenters. The number of rotatable bonds is 4. The van der Waals surface area contributed by atoms with Gasteiger partial charge in [0.2, 0.25) is 5.75 Å². The van der Waals surface area contributed by atoms with Gasteiger partial charge in [0.25, 0.3) is 11.8 Å². The second kappa shape index (κ2) is 7.86. The minimum absolute atomic E-state index is 0.105. The number of aromatic hydroxyl groups is 1. The third-order valence-electron chi connectivity index (χ3n) is 3.99. The summed E-state index contributed by atoms with van der Waals surface area (Å²) in [7, 11) is 1.22. The van der Waals surface area contributed by atoms with Crippen molar-refractivity contribution in [2.75, 3.05) is 12.0 Å². The van der Waals surface area contributed by atoms with Gasteiger partial charge in [0, 0.05) is 11.1 Å². The molecule has 0 saturated carbocycles. The lowest BCUT2D eigenvalue weighted by Gasteiger charge is -2.28. The van der Waals surface area contributed by atoms with Gasteiger partial charge >= 0.3 is 5.69 Å². The molecule has 1 aliphatic heterocycles. The van der Waals surface area contributed by atoms with Crippen LogP contribution in [0.1, 0.15) is 5.56 Å². The van der Waals surface area contributed by atoms with Gasteiger partial charge < -0.3 is 9.84 Å². The number of nitro benzene ring substituents is 1. The lowest BCUT2D eigenvalue weighted by atomic mass is 10.1. The molecule has 29 heavy (non-hydrogen) atoms. The van der Waals surface area contributed by atoms with Gasteiger partial charge in [0.05, 0.1) is 17.7 Å². The van der Waals surface area contributed by atoms with Crippen LogP contribution in [-0.4, -0.2) is 34.1 Å². The van der Waals surface area contributed by atoms with Crippen molar-refractivity contribution in [3.05, 3.63) is 62.7 Å². The number of ether oxygens (including phenoxy) is 1. The van der Waals surface area contributed by atoms with Crippen molar-refractivity contribution in [1.29, 1.82) is 0 Å². The maximum absolute atomic E-state index is 12.9. The van der Waals surface area contributed by atoms with Crippen LogP contribution in [0.4, 0.5) is 11.4 Å². The summed E-state index contributed by atoms with van der Waals surface area (Å²) in [6.45, 7) is 0. The van der Waals surface area contributed by atoms with Crippen LogP contribution < -0.4 is 15.0 Å². The summed E-state index contributed by atoms with van der Waals surface area (Å²) >= 11 is 11.0. The molecule has 2 aromatic carbocycles. The van der Waals surface area contributed by atoms with E-state index in [1.165, 1.54) is 13.2 Å². The van der Waals surface area contributed by atoms with Crippen LogP contribution in [0.25, 0.3) is 6.08 Å². The Labute approximate surface area is 174 Å². The first-order valence-corrected chi connectivity index (χ1v) is 8.74. The molecule has 1 saturated heterocycles. The first-order chi connectivity index (χ1) is 13.7. The molecule has 0 aromatic heterocycles. The maximum atomic E-state index is 12.9. The van der Waals surface area contributed by atoms with Crippen molar-refractivity contribution in [3.63, 3.8) is 0 Å². The number of benzene rings is 2. The number of carbonyl (C=O) groups excluding carboxylic acids is 2. The van der Waals surface area contributed by atoms with Crippen LogP contribution in [0.5, 0.6) is 11.5 Å². The van der Waals surface area contributed by atoms with E-state index >= 15 is 0 Å². The minimum atomic E-state index is -0.808. The minimum Gasteiger partial charge on any atom is -0.500 e. The molecule has 148 valence electrons. The van der Waals surface area contributed by atoms with Crippen molar-refractivity contribution in [2.24, 2.45) is 0 Å². The number of methoxy groups -OCH3 is 1. The molecule has 2 amide bonds. The highest BCUT2D eigenvalue weighted by molar-refractivity contribution is 7.80. The molecule has 3 rings (SSSR count). The molecule has 1 fully saturated rings. The van der Waals surface area contributed by atoms with E-state index in [4.69, 9.17) is 28.6 Å². The summed E-state index contributed by atoms with van der Waals surface area (Å²) in [5.41, 5.74) is -0.459. The Morgan fingerprint density at radius 2 is 1.93 bits per heavy atom. The zero-order chi connectivity index (χ0) is 21.3. The van der Waals surface area contributed by atoms with E-state index in [1.807, 2.05) is 0 Å². The zero-order valence-corrected chi connectivity index (χ0v) is 16.3. The number of anilines is 1. The van der Waals surface area contributed by atoms with Gasteiger partial charge in [0.1, 0.15) is 5.57 Å². The molecule has 1 aliphatic rings. The number of hydrogen-bond acceptors (Lipinski definition) is 7. The fourth-order valence-corrected chi connectivity index (χ4v) is 3.05. The fourth-order valence-electron chi connectivity index (χ4n) is 2.64. The summed E-state index contributed by atoms with van der Waals surface area (Å²) in [5.74, 6) is -2.33. The van der Waals surface area contributed by atoms with Gasteiger partial charge in [-0.25, -0.2) is 0 Å². The molecule has 2 N–H and O–H groups in total. The number of amides is 2. The highest BCUT2D eigenvalue weighted by atomic mass is 35.5. The molecule has 0 radical (unpaired) electrons. The van der Waals surface area contributed by atoms with Gasteiger partial charge in [-0.15, -0.1) is 0 Å². The van der Waals surface area contributed by atoms with Gasteiger partial charge in [-0.2, -0.15) is 0 Å². The van der Waals surface area contributed by atoms with E-state index < -0.39 is 28.2 Å². The van der Waals surface area contributed by atoms with Crippen LogP contribution in [0, 0.1) is 10.1 Å². The number of nitro groups is 1.